The van der Waals surface area contributed by atoms with Crippen molar-refractivity contribution in [1.29, 1.82) is 0 Å². The Morgan fingerprint density at radius 2 is 1.97 bits per heavy atom. The number of amides is 2. The minimum Gasteiger partial charge on any atom is -0.440 e. The van der Waals surface area contributed by atoms with E-state index < -0.39 is 10.0 Å². The maximum absolute atomic E-state index is 12.4. The van der Waals surface area contributed by atoms with Gasteiger partial charge >= 0.3 is 6.03 Å². The zero-order valence-corrected chi connectivity index (χ0v) is 18.3. The third kappa shape index (κ3) is 5.27. The number of rotatable bonds is 5. The van der Waals surface area contributed by atoms with Gasteiger partial charge in [0.1, 0.15) is 5.52 Å². The lowest BCUT2D eigenvalue weighted by atomic mass is 9.97. The normalized spacial score (nSPS) is 16.8. The highest BCUT2D eigenvalue weighted by Gasteiger charge is 2.28. The molecule has 2 heterocycles. The molecule has 0 radical (unpaired) electrons. The van der Waals surface area contributed by atoms with Crippen molar-refractivity contribution in [1.82, 2.24) is 14.6 Å². The first-order chi connectivity index (χ1) is 13.6. The number of piperidine rings is 1. The van der Waals surface area contributed by atoms with Gasteiger partial charge in [0.2, 0.25) is 15.9 Å². The molecule has 1 aliphatic rings. The highest BCUT2D eigenvalue weighted by molar-refractivity contribution is 7.89. The SMILES string of the molecule is CCCS(=O)(=O)N1CCC(NC(=O)Nc2ccc3oc(C(C)(C)C)nc3c2)CC1. The van der Waals surface area contributed by atoms with E-state index in [1.807, 2.05) is 27.7 Å². The van der Waals surface area contributed by atoms with Crippen LogP contribution in [0.4, 0.5) is 10.5 Å². The highest BCUT2D eigenvalue weighted by atomic mass is 32.2. The molecule has 9 heteroatoms. The number of benzene rings is 1. The Kier molecular flexibility index (Phi) is 6.19. The van der Waals surface area contributed by atoms with Gasteiger partial charge < -0.3 is 15.1 Å². The summed E-state index contributed by atoms with van der Waals surface area (Å²) in [5.41, 5.74) is 1.82. The van der Waals surface area contributed by atoms with E-state index in [-0.39, 0.29) is 23.2 Å². The molecule has 1 fully saturated rings. The number of sulfonamides is 1. The van der Waals surface area contributed by atoms with Gasteiger partial charge in [-0.15, -0.1) is 0 Å². The smallest absolute Gasteiger partial charge is 0.319 e. The van der Waals surface area contributed by atoms with Crippen LogP contribution in [-0.4, -0.2) is 48.6 Å². The van der Waals surface area contributed by atoms with Crippen molar-refractivity contribution in [3.63, 3.8) is 0 Å². The first-order valence-corrected chi connectivity index (χ1v) is 11.7. The van der Waals surface area contributed by atoms with Crippen molar-refractivity contribution < 1.29 is 17.6 Å². The largest absolute Gasteiger partial charge is 0.440 e. The molecule has 1 aromatic heterocycles. The van der Waals surface area contributed by atoms with Crippen LogP contribution in [0.5, 0.6) is 0 Å². The number of oxazole rings is 1. The molecule has 1 aliphatic heterocycles. The van der Waals surface area contributed by atoms with Gasteiger partial charge in [-0.05, 0) is 37.5 Å². The quantitative estimate of drug-likeness (QED) is 0.768. The van der Waals surface area contributed by atoms with E-state index in [9.17, 15) is 13.2 Å². The standard InChI is InChI=1S/C20H30N4O4S/c1-5-12-29(26,27)24-10-8-14(9-11-24)21-19(25)22-15-6-7-17-16(13-15)23-18(28-17)20(2,3)4/h6-7,13-14H,5,8-12H2,1-4H3,(H2,21,22,25). The fourth-order valence-corrected chi connectivity index (χ4v) is 4.89. The Balaban J connectivity index is 1.56. The van der Waals surface area contributed by atoms with E-state index in [0.717, 1.165) is 0 Å². The number of carbonyl (C=O) groups is 1. The number of anilines is 1. The third-order valence-corrected chi connectivity index (χ3v) is 7.01. The Morgan fingerprint density at radius 3 is 2.59 bits per heavy atom. The Morgan fingerprint density at radius 1 is 1.28 bits per heavy atom. The van der Waals surface area contributed by atoms with Crippen molar-refractivity contribution in [2.45, 2.75) is 58.4 Å². The van der Waals surface area contributed by atoms with Gasteiger partial charge in [0.15, 0.2) is 5.58 Å². The third-order valence-electron chi connectivity index (χ3n) is 4.93. The van der Waals surface area contributed by atoms with Crippen LogP contribution in [-0.2, 0) is 15.4 Å². The van der Waals surface area contributed by atoms with Crippen molar-refractivity contribution >= 4 is 32.8 Å². The number of urea groups is 1. The lowest BCUT2D eigenvalue weighted by Gasteiger charge is -2.31. The summed E-state index contributed by atoms with van der Waals surface area (Å²) >= 11 is 0. The molecule has 2 amide bonds. The van der Waals surface area contributed by atoms with Crippen LogP contribution in [0.2, 0.25) is 0 Å². The van der Waals surface area contributed by atoms with Gasteiger partial charge in [-0.1, -0.05) is 27.7 Å². The van der Waals surface area contributed by atoms with Crippen LogP contribution in [0.25, 0.3) is 11.1 Å². The fourth-order valence-electron chi connectivity index (χ4n) is 3.34. The Hall–Kier alpha value is -2.13. The van der Waals surface area contributed by atoms with Gasteiger partial charge in [0, 0.05) is 30.2 Å². The molecule has 0 unspecified atom stereocenters. The number of hydrogen-bond acceptors (Lipinski definition) is 5. The minimum absolute atomic E-state index is 0.0497. The lowest BCUT2D eigenvalue weighted by Crippen LogP contribution is -2.47. The molecule has 160 valence electrons. The van der Waals surface area contributed by atoms with Crippen LogP contribution in [0.15, 0.2) is 22.6 Å². The topological polar surface area (TPSA) is 105 Å². The summed E-state index contributed by atoms with van der Waals surface area (Å²) in [7, 11) is -3.17. The van der Waals surface area contributed by atoms with E-state index in [1.54, 1.807) is 18.2 Å². The maximum Gasteiger partial charge on any atom is 0.319 e. The Labute approximate surface area is 172 Å². The molecular formula is C20H30N4O4S. The first kappa shape index (κ1) is 21.6. The van der Waals surface area contributed by atoms with Gasteiger partial charge in [0.05, 0.1) is 5.75 Å². The molecule has 0 atom stereocenters. The predicted molar refractivity (Wildman–Crippen MR) is 114 cm³/mol. The van der Waals surface area contributed by atoms with Crippen molar-refractivity contribution in [2.75, 3.05) is 24.2 Å². The Bertz CT molecular complexity index is 970. The maximum atomic E-state index is 12.4. The fraction of sp³-hybridized carbons (Fsp3) is 0.600. The number of aromatic nitrogens is 1. The van der Waals surface area contributed by atoms with Gasteiger partial charge in [-0.2, -0.15) is 0 Å². The van der Waals surface area contributed by atoms with Crippen LogP contribution in [0, 0.1) is 0 Å². The average Bonchev–Trinajstić information content (AvgIpc) is 3.06. The number of nitrogens with one attached hydrogen (secondary N) is 2. The molecule has 29 heavy (non-hydrogen) atoms. The molecule has 0 bridgehead atoms. The summed E-state index contributed by atoms with van der Waals surface area (Å²) in [4.78, 5) is 16.9. The van der Waals surface area contributed by atoms with E-state index in [0.29, 0.717) is 55.0 Å². The van der Waals surface area contributed by atoms with Crippen LogP contribution < -0.4 is 10.6 Å². The molecule has 3 rings (SSSR count). The van der Waals surface area contributed by atoms with E-state index in [4.69, 9.17) is 4.42 Å². The second-order valence-electron chi connectivity index (χ2n) is 8.54. The second-order valence-corrected chi connectivity index (χ2v) is 10.6. The van der Waals surface area contributed by atoms with Crippen molar-refractivity contribution in [3.05, 3.63) is 24.1 Å². The van der Waals surface area contributed by atoms with E-state index in [2.05, 4.69) is 15.6 Å². The zero-order chi connectivity index (χ0) is 21.2. The minimum atomic E-state index is -3.17. The number of nitrogens with zero attached hydrogens (tertiary/aromatic N) is 2. The molecule has 8 nitrogen and oxygen atoms in total. The summed E-state index contributed by atoms with van der Waals surface area (Å²) in [6.07, 6.45) is 1.82. The summed E-state index contributed by atoms with van der Waals surface area (Å²) in [6, 6.07) is 5.00. The molecule has 0 aliphatic carbocycles. The van der Waals surface area contributed by atoms with Crippen molar-refractivity contribution in [3.8, 4) is 0 Å². The van der Waals surface area contributed by atoms with Crippen LogP contribution in [0.1, 0.15) is 52.8 Å². The summed E-state index contributed by atoms with van der Waals surface area (Å²) in [5, 5.41) is 5.76. The summed E-state index contributed by atoms with van der Waals surface area (Å²) < 4.78 is 31.6. The monoisotopic (exact) mass is 422 g/mol. The molecule has 2 aromatic rings. The summed E-state index contributed by atoms with van der Waals surface area (Å²) in [6.45, 7) is 8.83. The molecule has 0 saturated carbocycles. The molecule has 1 saturated heterocycles. The molecule has 2 N–H and O–H groups in total. The highest BCUT2D eigenvalue weighted by Crippen LogP contribution is 2.27. The number of carbonyl (C=O) groups excluding carboxylic acids is 1. The van der Waals surface area contributed by atoms with Crippen molar-refractivity contribution in [2.24, 2.45) is 0 Å². The van der Waals surface area contributed by atoms with E-state index >= 15 is 0 Å². The van der Waals surface area contributed by atoms with Gasteiger partial charge in [0.25, 0.3) is 0 Å². The second kappa shape index (κ2) is 8.31. The number of fused-ring (bicyclic) bond motifs is 1. The lowest BCUT2D eigenvalue weighted by molar-refractivity contribution is 0.238. The summed E-state index contributed by atoms with van der Waals surface area (Å²) in [5.74, 6) is 0.825. The first-order valence-electron chi connectivity index (χ1n) is 10.0. The van der Waals surface area contributed by atoms with Gasteiger partial charge in [-0.3, -0.25) is 0 Å². The van der Waals surface area contributed by atoms with Gasteiger partial charge in [-0.25, -0.2) is 22.5 Å². The average molecular weight is 423 g/mol. The van der Waals surface area contributed by atoms with E-state index in [1.165, 1.54) is 4.31 Å². The predicted octanol–water partition coefficient (Wildman–Crippen LogP) is 3.45. The van der Waals surface area contributed by atoms with Crippen LogP contribution >= 0.6 is 0 Å². The molecule has 1 aromatic carbocycles. The zero-order valence-electron chi connectivity index (χ0n) is 17.5. The molecular weight excluding hydrogens is 392 g/mol. The number of hydrogen-bond donors (Lipinski definition) is 2. The van der Waals surface area contributed by atoms with Crippen LogP contribution in [0.3, 0.4) is 0 Å². The molecule has 0 spiro atoms.